The molecule has 0 saturated carbocycles. The lowest BCUT2D eigenvalue weighted by molar-refractivity contribution is 0.765. The van der Waals surface area contributed by atoms with Gasteiger partial charge in [-0.25, -0.2) is 9.97 Å². The predicted octanol–water partition coefficient (Wildman–Crippen LogP) is 3.21. The highest BCUT2D eigenvalue weighted by atomic mass is 32.2. The van der Waals surface area contributed by atoms with Gasteiger partial charge in [-0.1, -0.05) is 11.8 Å². The summed E-state index contributed by atoms with van der Waals surface area (Å²) in [6.45, 7) is 6.49. The summed E-state index contributed by atoms with van der Waals surface area (Å²) in [5, 5.41) is 13.0. The fourth-order valence-corrected chi connectivity index (χ4v) is 4.68. The number of nitrogens with one attached hydrogen (secondary N) is 1. The standard InChI is InChI=1S/C18H24N6S2/c1-13-14(2)23(3)18(21-13)26-12-15-10-16(24-6-8-25-9-7-24)11-17(22-15)20-5-4-19/h10-11H,5-9,12H2,1-3H3,(H,20,22). The van der Waals surface area contributed by atoms with Gasteiger partial charge >= 0.3 is 0 Å². The number of nitrogens with zero attached hydrogens (tertiary/aromatic N) is 5. The first kappa shape index (κ1) is 18.9. The number of anilines is 2. The number of hydrogen-bond donors (Lipinski definition) is 1. The van der Waals surface area contributed by atoms with E-state index >= 15 is 0 Å². The summed E-state index contributed by atoms with van der Waals surface area (Å²) in [6.07, 6.45) is 0. The van der Waals surface area contributed by atoms with Gasteiger partial charge in [0, 0.05) is 54.8 Å². The summed E-state index contributed by atoms with van der Waals surface area (Å²) in [5.41, 5.74) is 4.45. The van der Waals surface area contributed by atoms with Crippen LogP contribution in [0, 0.1) is 25.2 Å². The molecule has 1 fully saturated rings. The van der Waals surface area contributed by atoms with Crippen molar-refractivity contribution < 1.29 is 0 Å². The number of hydrogen-bond acceptors (Lipinski definition) is 7. The van der Waals surface area contributed by atoms with Crippen molar-refractivity contribution in [1.82, 2.24) is 14.5 Å². The Morgan fingerprint density at radius 2 is 2.04 bits per heavy atom. The molecule has 3 heterocycles. The molecule has 6 nitrogen and oxygen atoms in total. The minimum absolute atomic E-state index is 0.261. The van der Waals surface area contributed by atoms with E-state index in [1.54, 1.807) is 11.8 Å². The Kier molecular flexibility index (Phi) is 6.33. The summed E-state index contributed by atoms with van der Waals surface area (Å²) in [7, 11) is 2.05. The Hall–Kier alpha value is -1.85. The summed E-state index contributed by atoms with van der Waals surface area (Å²) < 4.78 is 2.13. The van der Waals surface area contributed by atoms with Gasteiger partial charge in [-0.05, 0) is 19.9 Å². The molecule has 138 valence electrons. The van der Waals surface area contributed by atoms with E-state index in [9.17, 15) is 0 Å². The molecule has 1 aliphatic heterocycles. The molecule has 0 aliphatic carbocycles. The van der Waals surface area contributed by atoms with E-state index in [2.05, 4.69) is 49.9 Å². The van der Waals surface area contributed by atoms with Crippen LogP contribution in [0.1, 0.15) is 17.1 Å². The highest BCUT2D eigenvalue weighted by Crippen LogP contribution is 2.27. The third-order valence-electron chi connectivity index (χ3n) is 4.51. The van der Waals surface area contributed by atoms with Crippen molar-refractivity contribution >= 4 is 35.0 Å². The Labute approximate surface area is 163 Å². The molecule has 0 bridgehead atoms. The average Bonchev–Trinajstić information content (AvgIpc) is 2.92. The summed E-state index contributed by atoms with van der Waals surface area (Å²) in [6, 6.07) is 6.34. The van der Waals surface area contributed by atoms with Crippen LogP contribution in [0.3, 0.4) is 0 Å². The van der Waals surface area contributed by atoms with Gasteiger partial charge in [-0.3, -0.25) is 0 Å². The van der Waals surface area contributed by atoms with Crippen LogP contribution in [0.5, 0.6) is 0 Å². The minimum atomic E-state index is 0.261. The van der Waals surface area contributed by atoms with Crippen molar-refractivity contribution in [3.8, 4) is 6.07 Å². The normalized spacial score (nSPS) is 14.3. The smallest absolute Gasteiger partial charge is 0.168 e. The van der Waals surface area contributed by atoms with E-state index < -0.39 is 0 Å². The predicted molar refractivity (Wildman–Crippen MR) is 110 cm³/mol. The SMILES string of the molecule is Cc1nc(SCc2cc(N3CCSCC3)cc(NCC#N)n2)n(C)c1C. The molecule has 0 aromatic carbocycles. The molecule has 1 N–H and O–H groups in total. The average molecular weight is 389 g/mol. The Morgan fingerprint density at radius 3 is 2.69 bits per heavy atom. The minimum Gasteiger partial charge on any atom is -0.370 e. The van der Waals surface area contributed by atoms with Crippen molar-refractivity contribution in [1.29, 1.82) is 5.26 Å². The fourth-order valence-electron chi connectivity index (χ4n) is 2.82. The molecule has 1 aliphatic rings. The second kappa shape index (κ2) is 8.69. The number of aromatic nitrogens is 3. The highest BCUT2D eigenvalue weighted by Gasteiger charge is 2.15. The lowest BCUT2D eigenvalue weighted by Crippen LogP contribution is -2.32. The summed E-state index contributed by atoms with van der Waals surface area (Å²) >= 11 is 3.69. The lowest BCUT2D eigenvalue weighted by Gasteiger charge is -2.29. The first-order valence-corrected chi connectivity index (χ1v) is 10.8. The molecule has 26 heavy (non-hydrogen) atoms. The number of pyridine rings is 1. The Morgan fingerprint density at radius 1 is 1.27 bits per heavy atom. The number of aryl methyl sites for hydroxylation is 1. The third kappa shape index (κ3) is 4.46. The van der Waals surface area contributed by atoms with Gasteiger partial charge in [0.2, 0.25) is 0 Å². The van der Waals surface area contributed by atoms with Crippen molar-refractivity contribution in [2.24, 2.45) is 7.05 Å². The van der Waals surface area contributed by atoms with Crippen molar-refractivity contribution in [3.05, 3.63) is 29.2 Å². The van der Waals surface area contributed by atoms with Crippen LogP contribution in [0.4, 0.5) is 11.5 Å². The van der Waals surface area contributed by atoms with Crippen LogP contribution < -0.4 is 10.2 Å². The topological polar surface area (TPSA) is 69.8 Å². The van der Waals surface area contributed by atoms with Gasteiger partial charge in [0.1, 0.15) is 12.4 Å². The van der Waals surface area contributed by atoms with E-state index in [0.29, 0.717) is 0 Å². The van der Waals surface area contributed by atoms with E-state index in [-0.39, 0.29) is 6.54 Å². The van der Waals surface area contributed by atoms with Crippen molar-refractivity contribution in [2.75, 3.05) is 41.4 Å². The first-order valence-electron chi connectivity index (χ1n) is 8.65. The fraction of sp³-hybridized carbons (Fsp3) is 0.500. The molecule has 0 amide bonds. The molecule has 2 aromatic heterocycles. The monoisotopic (exact) mass is 388 g/mol. The highest BCUT2D eigenvalue weighted by molar-refractivity contribution is 7.99. The van der Waals surface area contributed by atoms with E-state index in [1.165, 1.54) is 11.4 Å². The molecular formula is C18H24N6S2. The number of imidazole rings is 1. The summed E-state index contributed by atoms with van der Waals surface area (Å²) in [4.78, 5) is 11.7. The molecule has 0 atom stereocenters. The van der Waals surface area contributed by atoms with Gasteiger partial charge in [0.05, 0.1) is 17.5 Å². The van der Waals surface area contributed by atoms with Gasteiger partial charge in [-0.15, -0.1) is 0 Å². The van der Waals surface area contributed by atoms with Gasteiger partial charge in [-0.2, -0.15) is 17.0 Å². The molecule has 0 radical (unpaired) electrons. The quantitative estimate of drug-likeness (QED) is 0.602. The zero-order chi connectivity index (χ0) is 18.5. The van der Waals surface area contributed by atoms with Crippen LogP contribution in [0.15, 0.2) is 17.3 Å². The Bertz CT molecular complexity index is 805. The maximum Gasteiger partial charge on any atom is 0.168 e. The molecule has 3 rings (SSSR count). The number of thioether (sulfide) groups is 2. The second-order valence-electron chi connectivity index (χ2n) is 6.23. The lowest BCUT2D eigenvalue weighted by atomic mass is 10.2. The zero-order valence-electron chi connectivity index (χ0n) is 15.4. The molecule has 0 unspecified atom stereocenters. The molecule has 0 spiro atoms. The van der Waals surface area contributed by atoms with E-state index in [4.69, 9.17) is 5.26 Å². The number of rotatable bonds is 6. The van der Waals surface area contributed by atoms with Gasteiger partial charge in [0.15, 0.2) is 5.16 Å². The van der Waals surface area contributed by atoms with Crippen LogP contribution in [-0.2, 0) is 12.8 Å². The third-order valence-corrected chi connectivity index (χ3v) is 6.52. The Balaban J connectivity index is 1.80. The van der Waals surface area contributed by atoms with Crippen molar-refractivity contribution in [2.45, 2.75) is 24.8 Å². The van der Waals surface area contributed by atoms with E-state index in [0.717, 1.165) is 52.7 Å². The van der Waals surface area contributed by atoms with Crippen LogP contribution >= 0.6 is 23.5 Å². The zero-order valence-corrected chi connectivity index (χ0v) is 17.1. The molecule has 2 aromatic rings. The second-order valence-corrected chi connectivity index (χ2v) is 8.39. The molecule has 1 saturated heterocycles. The maximum absolute atomic E-state index is 8.86. The maximum atomic E-state index is 8.86. The molecule has 8 heteroatoms. The number of nitriles is 1. The summed E-state index contributed by atoms with van der Waals surface area (Å²) in [5.74, 6) is 3.82. The van der Waals surface area contributed by atoms with Gasteiger partial charge < -0.3 is 14.8 Å². The van der Waals surface area contributed by atoms with Crippen LogP contribution in [0.2, 0.25) is 0 Å². The van der Waals surface area contributed by atoms with Crippen molar-refractivity contribution in [3.63, 3.8) is 0 Å². The first-order chi connectivity index (χ1) is 12.6. The van der Waals surface area contributed by atoms with Gasteiger partial charge in [0.25, 0.3) is 0 Å². The molecular weight excluding hydrogens is 364 g/mol. The van der Waals surface area contributed by atoms with Crippen LogP contribution in [-0.4, -0.2) is 45.7 Å². The van der Waals surface area contributed by atoms with E-state index in [1.807, 2.05) is 25.7 Å². The largest absolute Gasteiger partial charge is 0.370 e. The van der Waals surface area contributed by atoms with Crippen LogP contribution in [0.25, 0.3) is 0 Å².